The first-order valence-electron chi connectivity index (χ1n) is 6.94. The Morgan fingerprint density at radius 3 is 2.50 bits per heavy atom. The van der Waals surface area contributed by atoms with Crippen LogP contribution in [-0.4, -0.2) is 0 Å². The fourth-order valence-electron chi connectivity index (χ4n) is 2.68. The summed E-state index contributed by atoms with van der Waals surface area (Å²) in [6.45, 7) is 6.75. The van der Waals surface area contributed by atoms with Crippen LogP contribution in [0.15, 0.2) is 41.8 Å². The maximum atomic E-state index is 3.72. The van der Waals surface area contributed by atoms with Gasteiger partial charge in [0.1, 0.15) is 0 Å². The van der Waals surface area contributed by atoms with Crippen molar-refractivity contribution in [3.05, 3.63) is 57.1 Å². The zero-order valence-corrected chi connectivity index (χ0v) is 13.6. The van der Waals surface area contributed by atoms with Gasteiger partial charge in [0.2, 0.25) is 0 Å². The van der Waals surface area contributed by atoms with E-state index in [0.29, 0.717) is 12.1 Å². The summed E-state index contributed by atoms with van der Waals surface area (Å²) in [6.07, 6.45) is 0. The lowest BCUT2D eigenvalue weighted by atomic mass is 10.1. The van der Waals surface area contributed by atoms with Crippen LogP contribution in [0.25, 0.3) is 10.1 Å². The highest BCUT2D eigenvalue weighted by Crippen LogP contribution is 2.35. The minimum Gasteiger partial charge on any atom is -0.302 e. The van der Waals surface area contributed by atoms with Crippen molar-refractivity contribution < 1.29 is 0 Å². The topological polar surface area (TPSA) is 12.0 Å². The molecule has 2 heterocycles. The lowest BCUT2D eigenvalue weighted by molar-refractivity contribution is 0.504. The highest BCUT2D eigenvalue weighted by Gasteiger charge is 2.17. The lowest BCUT2D eigenvalue weighted by Crippen LogP contribution is -2.21. The van der Waals surface area contributed by atoms with Gasteiger partial charge in [-0.15, -0.1) is 22.7 Å². The number of aryl methyl sites for hydroxylation is 1. The van der Waals surface area contributed by atoms with Crippen molar-refractivity contribution >= 4 is 32.8 Å². The van der Waals surface area contributed by atoms with Gasteiger partial charge in [-0.05, 0) is 49.2 Å². The summed E-state index contributed by atoms with van der Waals surface area (Å²) in [5.41, 5.74) is 1.42. The molecule has 0 aliphatic rings. The van der Waals surface area contributed by atoms with Gasteiger partial charge in [-0.3, -0.25) is 0 Å². The van der Waals surface area contributed by atoms with Crippen LogP contribution in [-0.2, 0) is 0 Å². The van der Waals surface area contributed by atoms with Crippen molar-refractivity contribution in [3.8, 4) is 0 Å². The van der Waals surface area contributed by atoms with Crippen LogP contribution in [0.3, 0.4) is 0 Å². The van der Waals surface area contributed by atoms with E-state index in [1.807, 2.05) is 22.7 Å². The van der Waals surface area contributed by atoms with Crippen molar-refractivity contribution in [2.75, 3.05) is 0 Å². The molecule has 0 radical (unpaired) electrons. The fourth-order valence-corrected chi connectivity index (χ4v) is 4.64. The molecule has 1 unspecified atom stereocenters. The number of thiophene rings is 2. The molecule has 0 saturated heterocycles. The quantitative estimate of drug-likeness (QED) is 0.653. The maximum Gasteiger partial charge on any atom is 0.0394 e. The van der Waals surface area contributed by atoms with Gasteiger partial charge in [-0.2, -0.15) is 0 Å². The molecule has 3 aromatic rings. The SMILES string of the molecule is Cc1c(C(C)N[C@H](C)c2cccs2)sc2ccccc12. The van der Waals surface area contributed by atoms with Crippen LogP contribution < -0.4 is 5.32 Å². The smallest absolute Gasteiger partial charge is 0.0394 e. The normalized spacial score (nSPS) is 14.6. The summed E-state index contributed by atoms with van der Waals surface area (Å²) in [4.78, 5) is 2.85. The molecular weight excluding hydrogens is 282 g/mol. The molecule has 0 bridgehead atoms. The Kier molecular flexibility index (Phi) is 3.92. The van der Waals surface area contributed by atoms with Gasteiger partial charge < -0.3 is 5.32 Å². The van der Waals surface area contributed by atoms with Crippen molar-refractivity contribution in [3.63, 3.8) is 0 Å². The van der Waals surface area contributed by atoms with E-state index < -0.39 is 0 Å². The van der Waals surface area contributed by atoms with E-state index in [-0.39, 0.29) is 0 Å². The van der Waals surface area contributed by atoms with E-state index in [9.17, 15) is 0 Å². The minimum absolute atomic E-state index is 0.379. The zero-order chi connectivity index (χ0) is 14.1. The largest absolute Gasteiger partial charge is 0.302 e. The number of fused-ring (bicyclic) bond motifs is 1. The third kappa shape index (κ3) is 2.53. The number of benzene rings is 1. The molecule has 1 aromatic carbocycles. The first-order valence-corrected chi connectivity index (χ1v) is 8.64. The van der Waals surface area contributed by atoms with Gasteiger partial charge in [0.25, 0.3) is 0 Å². The summed E-state index contributed by atoms with van der Waals surface area (Å²) < 4.78 is 1.39. The second-order valence-electron chi connectivity index (χ2n) is 5.21. The summed E-state index contributed by atoms with van der Waals surface area (Å²) in [6, 6.07) is 13.8. The predicted octanol–water partition coefficient (Wildman–Crippen LogP) is 5.68. The van der Waals surface area contributed by atoms with E-state index in [2.05, 4.69) is 67.9 Å². The predicted molar refractivity (Wildman–Crippen MR) is 90.8 cm³/mol. The lowest BCUT2D eigenvalue weighted by Gasteiger charge is -2.19. The fraction of sp³-hybridized carbons (Fsp3) is 0.294. The Labute approximate surface area is 128 Å². The molecule has 0 spiro atoms. The van der Waals surface area contributed by atoms with E-state index in [1.54, 1.807) is 0 Å². The highest BCUT2D eigenvalue weighted by molar-refractivity contribution is 7.19. The van der Waals surface area contributed by atoms with E-state index in [0.717, 1.165) is 0 Å². The summed E-state index contributed by atoms with van der Waals surface area (Å²) >= 11 is 3.73. The molecule has 104 valence electrons. The maximum absolute atomic E-state index is 3.72. The molecule has 2 aromatic heterocycles. The Morgan fingerprint density at radius 2 is 1.80 bits per heavy atom. The molecule has 3 heteroatoms. The standard InChI is InChI=1S/C17H19NS2/c1-11-14-7-4-5-8-16(14)20-17(11)13(3)18-12(2)15-9-6-10-19-15/h4-10,12-13,18H,1-3H3/t12-,13?/m1/s1. The van der Waals surface area contributed by atoms with Crippen molar-refractivity contribution in [2.45, 2.75) is 32.9 Å². The summed E-state index contributed by atoms with van der Waals surface area (Å²) in [5.74, 6) is 0. The highest BCUT2D eigenvalue weighted by atomic mass is 32.1. The van der Waals surface area contributed by atoms with Crippen LogP contribution in [0, 0.1) is 6.92 Å². The van der Waals surface area contributed by atoms with Crippen molar-refractivity contribution in [1.82, 2.24) is 5.32 Å². The van der Waals surface area contributed by atoms with E-state index in [4.69, 9.17) is 0 Å². The minimum atomic E-state index is 0.379. The third-order valence-electron chi connectivity index (χ3n) is 3.74. The molecule has 0 aliphatic heterocycles. The van der Waals surface area contributed by atoms with Crippen LogP contribution in [0.1, 0.15) is 41.2 Å². The Bertz CT molecular complexity index is 697. The first-order chi connectivity index (χ1) is 9.66. The number of hydrogen-bond acceptors (Lipinski definition) is 3. The zero-order valence-electron chi connectivity index (χ0n) is 12.0. The Hall–Kier alpha value is -1.16. The van der Waals surface area contributed by atoms with Crippen molar-refractivity contribution in [1.29, 1.82) is 0 Å². The number of hydrogen-bond donors (Lipinski definition) is 1. The van der Waals surface area contributed by atoms with Gasteiger partial charge in [0.15, 0.2) is 0 Å². The molecule has 1 N–H and O–H groups in total. The molecule has 0 fully saturated rings. The van der Waals surface area contributed by atoms with Gasteiger partial charge in [-0.1, -0.05) is 24.3 Å². The summed E-state index contributed by atoms with van der Waals surface area (Å²) in [5, 5.41) is 7.26. The van der Waals surface area contributed by atoms with Crippen LogP contribution in [0.4, 0.5) is 0 Å². The average Bonchev–Trinajstić information content (AvgIpc) is 3.07. The van der Waals surface area contributed by atoms with Gasteiger partial charge in [0, 0.05) is 26.5 Å². The molecule has 0 aliphatic carbocycles. The second-order valence-corrected chi connectivity index (χ2v) is 7.28. The average molecular weight is 301 g/mol. The molecule has 20 heavy (non-hydrogen) atoms. The molecule has 3 rings (SSSR count). The molecule has 2 atom stereocenters. The Morgan fingerprint density at radius 1 is 1.00 bits per heavy atom. The van der Waals surface area contributed by atoms with Gasteiger partial charge in [-0.25, -0.2) is 0 Å². The second kappa shape index (κ2) is 5.68. The van der Waals surface area contributed by atoms with Crippen LogP contribution >= 0.6 is 22.7 Å². The van der Waals surface area contributed by atoms with Crippen molar-refractivity contribution in [2.24, 2.45) is 0 Å². The van der Waals surface area contributed by atoms with E-state index >= 15 is 0 Å². The third-order valence-corrected chi connectivity index (χ3v) is 6.25. The molecular formula is C17H19NS2. The Balaban J connectivity index is 1.85. The van der Waals surface area contributed by atoms with Gasteiger partial charge in [0.05, 0.1) is 0 Å². The van der Waals surface area contributed by atoms with Crippen LogP contribution in [0.5, 0.6) is 0 Å². The monoisotopic (exact) mass is 301 g/mol. The van der Waals surface area contributed by atoms with Crippen LogP contribution in [0.2, 0.25) is 0 Å². The number of nitrogens with one attached hydrogen (secondary N) is 1. The first kappa shape index (κ1) is 13.8. The van der Waals surface area contributed by atoms with Gasteiger partial charge >= 0.3 is 0 Å². The molecule has 0 saturated carbocycles. The molecule has 1 nitrogen and oxygen atoms in total. The molecule has 0 amide bonds. The number of rotatable bonds is 4. The summed E-state index contributed by atoms with van der Waals surface area (Å²) in [7, 11) is 0. The van der Waals surface area contributed by atoms with E-state index in [1.165, 1.54) is 25.4 Å².